The molecule has 20 heavy (non-hydrogen) atoms. The Kier molecular flexibility index (Phi) is 6.52. The summed E-state index contributed by atoms with van der Waals surface area (Å²) in [6.07, 6.45) is 3.94. The fourth-order valence-corrected chi connectivity index (χ4v) is 2.22. The number of hydrogen-bond donors (Lipinski definition) is 1. The smallest absolute Gasteiger partial charge is 0.288 e. The van der Waals surface area contributed by atoms with Crippen LogP contribution >= 0.6 is 0 Å². The van der Waals surface area contributed by atoms with Crippen molar-refractivity contribution in [2.24, 2.45) is 11.8 Å². The molecule has 1 rings (SSSR count). The highest BCUT2D eigenvalue weighted by molar-refractivity contribution is 5.59. The van der Waals surface area contributed by atoms with Gasteiger partial charge in [-0.2, -0.15) is 0 Å². The van der Waals surface area contributed by atoms with Crippen LogP contribution in [0.3, 0.4) is 0 Å². The molecule has 0 saturated carbocycles. The van der Waals surface area contributed by atoms with Gasteiger partial charge in [0.05, 0.1) is 13.2 Å². The van der Waals surface area contributed by atoms with Crippen LogP contribution in [-0.4, -0.2) is 18.8 Å². The molecular weight excluding hydrogens is 256 g/mol. The van der Waals surface area contributed by atoms with Crippen LogP contribution in [0.25, 0.3) is 5.57 Å². The number of methoxy groups -OCH3 is 1. The lowest BCUT2D eigenvalue weighted by atomic mass is 9.92. The van der Waals surface area contributed by atoms with Gasteiger partial charge in [-0.25, -0.2) is 0 Å². The number of aliphatic hydroxyl groups excluding tert-OH is 1. The summed E-state index contributed by atoms with van der Waals surface area (Å²) in [5, 5.41) is 9.23. The molecule has 4 heteroatoms. The van der Waals surface area contributed by atoms with Crippen molar-refractivity contribution in [2.45, 2.75) is 33.6 Å². The zero-order chi connectivity index (χ0) is 15.1. The minimum atomic E-state index is -0.134. The molecule has 1 aromatic heterocycles. The summed E-state index contributed by atoms with van der Waals surface area (Å²) < 4.78 is 10.5. The first-order chi connectivity index (χ1) is 9.49. The quantitative estimate of drug-likeness (QED) is 0.833. The van der Waals surface area contributed by atoms with Crippen LogP contribution in [-0.2, 0) is 0 Å². The fraction of sp³-hybridized carbons (Fsp3) is 0.562. The van der Waals surface area contributed by atoms with Crippen molar-refractivity contribution in [1.29, 1.82) is 0 Å². The van der Waals surface area contributed by atoms with Crippen LogP contribution < -0.4 is 10.2 Å². The van der Waals surface area contributed by atoms with Crippen LogP contribution in [0.1, 0.15) is 39.4 Å². The molecular formula is C16H24O4. The van der Waals surface area contributed by atoms with E-state index in [9.17, 15) is 9.90 Å². The van der Waals surface area contributed by atoms with Crippen molar-refractivity contribution in [3.8, 4) is 5.95 Å². The van der Waals surface area contributed by atoms with Crippen molar-refractivity contribution >= 4 is 5.57 Å². The van der Waals surface area contributed by atoms with Crippen molar-refractivity contribution in [2.75, 3.05) is 13.7 Å². The second kappa shape index (κ2) is 7.90. The largest absolute Gasteiger partial charge is 0.468 e. The molecule has 112 valence electrons. The van der Waals surface area contributed by atoms with Crippen molar-refractivity contribution < 1.29 is 14.3 Å². The summed E-state index contributed by atoms with van der Waals surface area (Å²) in [6, 6.07) is 2.78. The lowest BCUT2D eigenvalue weighted by molar-refractivity contribution is 0.206. The zero-order valence-corrected chi connectivity index (χ0v) is 12.7. The molecule has 0 bridgehead atoms. The minimum absolute atomic E-state index is 0.134. The molecule has 4 nitrogen and oxygen atoms in total. The topological polar surface area (TPSA) is 59.7 Å². The van der Waals surface area contributed by atoms with Crippen molar-refractivity contribution in [1.82, 2.24) is 0 Å². The Hall–Kier alpha value is -1.55. The van der Waals surface area contributed by atoms with E-state index in [2.05, 4.69) is 19.9 Å². The first kappa shape index (κ1) is 16.5. The predicted octanol–water partition coefficient (Wildman–Crippen LogP) is 3.10. The molecule has 0 radical (unpaired) electrons. The van der Waals surface area contributed by atoms with Crippen LogP contribution in [0.2, 0.25) is 0 Å². The lowest BCUT2D eigenvalue weighted by Crippen LogP contribution is -2.08. The number of rotatable bonds is 7. The third kappa shape index (κ3) is 4.85. The third-order valence-electron chi connectivity index (χ3n) is 3.41. The van der Waals surface area contributed by atoms with E-state index in [-0.39, 0.29) is 18.0 Å². The van der Waals surface area contributed by atoms with Crippen LogP contribution in [0.4, 0.5) is 0 Å². The third-order valence-corrected chi connectivity index (χ3v) is 3.41. The second-order valence-electron chi connectivity index (χ2n) is 5.20. The summed E-state index contributed by atoms with van der Waals surface area (Å²) in [5.41, 5.74) is 0.770. The van der Waals surface area contributed by atoms with E-state index < -0.39 is 0 Å². The summed E-state index contributed by atoms with van der Waals surface area (Å²) in [6.45, 7) is 6.29. The Labute approximate surface area is 120 Å². The van der Waals surface area contributed by atoms with Gasteiger partial charge in [0.25, 0.3) is 5.95 Å². The first-order valence-corrected chi connectivity index (χ1v) is 6.99. The van der Waals surface area contributed by atoms with Gasteiger partial charge >= 0.3 is 0 Å². The monoisotopic (exact) mass is 280 g/mol. The molecule has 0 saturated heterocycles. The van der Waals surface area contributed by atoms with E-state index in [0.29, 0.717) is 17.6 Å². The van der Waals surface area contributed by atoms with Crippen LogP contribution in [0, 0.1) is 11.8 Å². The molecule has 2 atom stereocenters. The summed E-state index contributed by atoms with van der Waals surface area (Å²) in [5.74, 6) is 1.36. The highest BCUT2D eigenvalue weighted by Gasteiger charge is 2.11. The van der Waals surface area contributed by atoms with Gasteiger partial charge in [0.2, 0.25) is 0 Å². The second-order valence-corrected chi connectivity index (χ2v) is 5.20. The van der Waals surface area contributed by atoms with Crippen molar-refractivity contribution in [3.05, 3.63) is 34.2 Å². The van der Waals surface area contributed by atoms with Gasteiger partial charge in [0, 0.05) is 12.7 Å². The molecule has 1 heterocycles. The molecule has 0 amide bonds. The molecule has 0 spiro atoms. The maximum Gasteiger partial charge on any atom is 0.288 e. The Morgan fingerprint density at radius 2 is 2.20 bits per heavy atom. The highest BCUT2D eigenvalue weighted by Crippen LogP contribution is 2.22. The zero-order valence-electron chi connectivity index (χ0n) is 12.7. The number of allylic oxidation sites excluding steroid dienone is 2. The van der Waals surface area contributed by atoms with Gasteiger partial charge in [0.15, 0.2) is 5.43 Å². The summed E-state index contributed by atoms with van der Waals surface area (Å²) in [7, 11) is 1.47. The first-order valence-electron chi connectivity index (χ1n) is 6.99. The van der Waals surface area contributed by atoms with Gasteiger partial charge in [0.1, 0.15) is 5.76 Å². The van der Waals surface area contributed by atoms with E-state index in [1.807, 2.05) is 6.92 Å². The fourth-order valence-electron chi connectivity index (χ4n) is 2.22. The minimum Gasteiger partial charge on any atom is -0.468 e. The van der Waals surface area contributed by atoms with Crippen LogP contribution in [0.15, 0.2) is 27.4 Å². The molecule has 0 aromatic carbocycles. The maximum absolute atomic E-state index is 11.5. The molecule has 0 aliphatic rings. The SMILES string of the molecule is CC[C@H](CO)C[C@H](C)C=C(C)c1cc(=O)cc(OC)o1. The molecule has 0 unspecified atom stereocenters. The highest BCUT2D eigenvalue weighted by atomic mass is 16.6. The van der Waals surface area contributed by atoms with Crippen molar-refractivity contribution in [3.63, 3.8) is 0 Å². The average molecular weight is 280 g/mol. The van der Waals surface area contributed by atoms with E-state index in [4.69, 9.17) is 9.15 Å². The van der Waals surface area contributed by atoms with Gasteiger partial charge in [-0.1, -0.05) is 26.3 Å². The average Bonchev–Trinajstić information content (AvgIpc) is 2.43. The number of hydrogen-bond acceptors (Lipinski definition) is 4. The standard InChI is InChI=1S/C16H24O4/c1-5-13(10-17)7-11(2)6-12(3)15-8-14(18)9-16(19-4)20-15/h6,8-9,11,13,17H,5,7,10H2,1-4H3/t11-,13+/m1/s1. The Balaban J connectivity index is 2.87. The molecule has 0 aliphatic heterocycles. The van der Waals surface area contributed by atoms with Crippen LogP contribution in [0.5, 0.6) is 5.95 Å². The predicted molar refractivity (Wildman–Crippen MR) is 79.8 cm³/mol. The normalized spacial score (nSPS) is 14.9. The Morgan fingerprint density at radius 1 is 1.50 bits per heavy atom. The lowest BCUT2D eigenvalue weighted by Gasteiger charge is -2.15. The van der Waals surface area contributed by atoms with Gasteiger partial charge in [-0.15, -0.1) is 0 Å². The van der Waals surface area contributed by atoms with E-state index >= 15 is 0 Å². The van der Waals surface area contributed by atoms with Gasteiger partial charge in [-0.3, -0.25) is 4.79 Å². The number of ether oxygens (including phenoxy) is 1. The Morgan fingerprint density at radius 3 is 2.75 bits per heavy atom. The molecule has 1 aromatic rings. The number of aliphatic hydroxyl groups is 1. The van der Waals surface area contributed by atoms with E-state index in [0.717, 1.165) is 18.4 Å². The maximum atomic E-state index is 11.5. The van der Waals surface area contributed by atoms with E-state index in [1.54, 1.807) is 0 Å². The van der Waals surface area contributed by atoms with Gasteiger partial charge < -0.3 is 14.3 Å². The summed E-state index contributed by atoms with van der Waals surface area (Å²) in [4.78, 5) is 11.5. The molecule has 1 N–H and O–H groups in total. The molecule has 0 aliphatic carbocycles. The van der Waals surface area contributed by atoms with Gasteiger partial charge in [-0.05, 0) is 30.8 Å². The molecule has 0 fully saturated rings. The van der Waals surface area contributed by atoms with E-state index in [1.165, 1.54) is 19.2 Å². The summed E-state index contributed by atoms with van der Waals surface area (Å²) >= 11 is 0. The Bertz CT molecular complexity index is 497.